The number of carbonyl (C=O) groups excluding carboxylic acids is 1. The molecule has 0 N–H and O–H groups in total. The van der Waals surface area contributed by atoms with E-state index in [4.69, 9.17) is 9.47 Å². The zero-order chi connectivity index (χ0) is 21.6. The number of hydrogen-bond donors (Lipinski definition) is 0. The van der Waals surface area contributed by atoms with Gasteiger partial charge in [0.2, 0.25) is 0 Å². The first-order valence-corrected chi connectivity index (χ1v) is 11.3. The fourth-order valence-electron chi connectivity index (χ4n) is 3.89. The molecule has 1 saturated heterocycles. The van der Waals surface area contributed by atoms with Crippen molar-refractivity contribution in [2.45, 2.75) is 13.0 Å². The van der Waals surface area contributed by atoms with Crippen LogP contribution in [0.5, 0.6) is 11.5 Å². The van der Waals surface area contributed by atoms with Gasteiger partial charge in [0.1, 0.15) is 10.7 Å². The topological polar surface area (TPSA) is 54.9 Å². The molecule has 0 atom stereocenters. The highest BCUT2D eigenvalue weighted by Gasteiger charge is 2.23. The smallest absolute Gasteiger partial charge is 0.273 e. The fourth-order valence-corrected chi connectivity index (χ4v) is 4.70. The lowest BCUT2D eigenvalue weighted by Crippen LogP contribution is -2.35. The van der Waals surface area contributed by atoms with E-state index in [1.807, 2.05) is 34.5 Å². The van der Waals surface area contributed by atoms with Crippen LogP contribution in [0, 0.1) is 0 Å². The monoisotopic (exact) mass is 437 g/mol. The number of hydrogen-bond acceptors (Lipinski definition) is 6. The Kier molecular flexibility index (Phi) is 6.84. The Morgan fingerprint density at radius 2 is 1.84 bits per heavy atom. The van der Waals surface area contributed by atoms with Crippen molar-refractivity contribution < 1.29 is 14.3 Å². The number of nitrogens with zero attached hydrogens (tertiary/aromatic N) is 3. The quantitative estimate of drug-likeness (QED) is 0.579. The Morgan fingerprint density at radius 1 is 1.00 bits per heavy atom. The molecule has 1 aliphatic rings. The minimum absolute atomic E-state index is 0.00840. The third-order valence-corrected chi connectivity index (χ3v) is 6.36. The van der Waals surface area contributed by atoms with E-state index in [9.17, 15) is 4.79 Å². The first-order chi connectivity index (χ1) is 15.2. The fraction of sp³-hybridized carbons (Fsp3) is 0.333. The second-order valence-corrected chi connectivity index (χ2v) is 8.34. The van der Waals surface area contributed by atoms with Gasteiger partial charge in [-0.3, -0.25) is 9.69 Å². The molecule has 31 heavy (non-hydrogen) atoms. The van der Waals surface area contributed by atoms with Gasteiger partial charge in [-0.2, -0.15) is 0 Å². The molecule has 4 rings (SSSR count). The minimum atomic E-state index is -0.00840. The summed E-state index contributed by atoms with van der Waals surface area (Å²) in [5.41, 5.74) is 2.62. The first-order valence-electron chi connectivity index (χ1n) is 10.4. The summed E-state index contributed by atoms with van der Waals surface area (Å²) in [6.07, 6.45) is 0.958. The molecule has 2 heterocycles. The second kappa shape index (κ2) is 9.94. The highest BCUT2D eigenvalue weighted by molar-refractivity contribution is 7.13. The Labute approximate surface area is 187 Å². The lowest BCUT2D eigenvalue weighted by atomic mass is 10.2. The molecule has 0 aliphatic carbocycles. The van der Waals surface area contributed by atoms with E-state index < -0.39 is 0 Å². The van der Waals surface area contributed by atoms with Gasteiger partial charge in [0.15, 0.2) is 11.5 Å². The van der Waals surface area contributed by atoms with Gasteiger partial charge in [0.05, 0.1) is 19.8 Å². The SMILES string of the molecule is COc1cccc(-c2nc(C(=O)N3CCCN(Cc4ccccc4)CC3)cs2)c1OC. The van der Waals surface area contributed by atoms with Crippen LogP contribution in [0.15, 0.2) is 53.9 Å². The van der Waals surface area contributed by atoms with E-state index in [1.165, 1.54) is 16.9 Å². The molecule has 1 amide bonds. The van der Waals surface area contributed by atoms with Crippen LogP contribution in [0.25, 0.3) is 10.6 Å². The summed E-state index contributed by atoms with van der Waals surface area (Å²) in [7, 11) is 3.22. The van der Waals surface area contributed by atoms with Crippen LogP contribution >= 0.6 is 11.3 Å². The first kappa shape index (κ1) is 21.3. The van der Waals surface area contributed by atoms with Crippen molar-refractivity contribution in [1.82, 2.24) is 14.8 Å². The standard InChI is InChI=1S/C24H27N3O3S/c1-29-21-11-6-10-19(22(21)30-2)23-25-20(17-31-23)24(28)27-13-7-12-26(14-15-27)16-18-8-4-3-5-9-18/h3-6,8-11,17H,7,12-16H2,1-2H3. The lowest BCUT2D eigenvalue weighted by molar-refractivity contribution is 0.0756. The number of amides is 1. The lowest BCUT2D eigenvalue weighted by Gasteiger charge is -2.21. The number of rotatable bonds is 6. The summed E-state index contributed by atoms with van der Waals surface area (Å²) in [6, 6.07) is 16.2. The summed E-state index contributed by atoms with van der Waals surface area (Å²) < 4.78 is 10.9. The summed E-state index contributed by atoms with van der Waals surface area (Å²) >= 11 is 1.45. The summed E-state index contributed by atoms with van der Waals surface area (Å²) in [5, 5.41) is 2.59. The maximum Gasteiger partial charge on any atom is 0.273 e. The summed E-state index contributed by atoms with van der Waals surface area (Å²) in [4.78, 5) is 22.1. The molecule has 2 aromatic carbocycles. The number of thiazole rings is 1. The zero-order valence-corrected chi connectivity index (χ0v) is 18.7. The van der Waals surface area contributed by atoms with Gasteiger partial charge >= 0.3 is 0 Å². The van der Waals surface area contributed by atoms with Crippen molar-refractivity contribution in [3.8, 4) is 22.1 Å². The van der Waals surface area contributed by atoms with E-state index in [2.05, 4.69) is 34.1 Å². The van der Waals surface area contributed by atoms with Gasteiger partial charge in [-0.15, -0.1) is 11.3 Å². The van der Waals surface area contributed by atoms with E-state index in [0.29, 0.717) is 23.7 Å². The van der Waals surface area contributed by atoms with Crippen molar-refractivity contribution >= 4 is 17.2 Å². The number of para-hydroxylation sites is 1. The predicted molar refractivity (Wildman–Crippen MR) is 123 cm³/mol. The molecular weight excluding hydrogens is 410 g/mol. The van der Waals surface area contributed by atoms with Gasteiger partial charge in [0, 0.05) is 38.1 Å². The minimum Gasteiger partial charge on any atom is -0.493 e. The molecule has 0 saturated carbocycles. The molecule has 0 unspecified atom stereocenters. The Morgan fingerprint density at radius 3 is 2.61 bits per heavy atom. The van der Waals surface area contributed by atoms with Crippen LogP contribution in [0.4, 0.5) is 0 Å². The predicted octanol–water partition coefficient (Wildman–Crippen LogP) is 4.18. The van der Waals surface area contributed by atoms with Gasteiger partial charge in [-0.25, -0.2) is 4.98 Å². The second-order valence-electron chi connectivity index (χ2n) is 7.49. The Hall–Kier alpha value is -2.90. The molecule has 1 fully saturated rings. The molecule has 1 aliphatic heterocycles. The van der Waals surface area contributed by atoms with E-state index in [0.717, 1.165) is 43.2 Å². The zero-order valence-electron chi connectivity index (χ0n) is 17.9. The van der Waals surface area contributed by atoms with Crippen LogP contribution in [-0.2, 0) is 6.54 Å². The van der Waals surface area contributed by atoms with Crippen molar-refractivity contribution in [3.05, 3.63) is 65.2 Å². The summed E-state index contributed by atoms with van der Waals surface area (Å²) in [6.45, 7) is 4.23. The molecule has 0 spiro atoms. The van der Waals surface area contributed by atoms with Crippen molar-refractivity contribution in [2.24, 2.45) is 0 Å². The number of ether oxygens (including phenoxy) is 2. The molecule has 6 nitrogen and oxygen atoms in total. The Balaban J connectivity index is 1.44. The molecule has 0 bridgehead atoms. The maximum absolute atomic E-state index is 13.1. The van der Waals surface area contributed by atoms with Crippen LogP contribution in [0.1, 0.15) is 22.5 Å². The molecule has 7 heteroatoms. The number of benzene rings is 2. The molecule has 0 radical (unpaired) electrons. The van der Waals surface area contributed by atoms with Gasteiger partial charge in [-0.05, 0) is 24.1 Å². The van der Waals surface area contributed by atoms with Crippen molar-refractivity contribution in [1.29, 1.82) is 0 Å². The number of methoxy groups -OCH3 is 2. The summed E-state index contributed by atoms with van der Waals surface area (Å²) in [5.74, 6) is 1.27. The van der Waals surface area contributed by atoms with E-state index in [1.54, 1.807) is 14.2 Å². The van der Waals surface area contributed by atoms with Crippen LogP contribution in [0.2, 0.25) is 0 Å². The van der Waals surface area contributed by atoms with E-state index >= 15 is 0 Å². The third-order valence-electron chi connectivity index (χ3n) is 5.48. The highest BCUT2D eigenvalue weighted by atomic mass is 32.1. The average Bonchev–Trinajstić information content (AvgIpc) is 3.19. The molecule has 3 aromatic rings. The molecular formula is C24H27N3O3S. The largest absolute Gasteiger partial charge is 0.493 e. The number of carbonyl (C=O) groups is 1. The van der Waals surface area contributed by atoms with Crippen molar-refractivity contribution in [3.63, 3.8) is 0 Å². The van der Waals surface area contributed by atoms with Gasteiger partial charge in [-0.1, -0.05) is 36.4 Å². The Bertz CT molecular complexity index is 1020. The average molecular weight is 438 g/mol. The maximum atomic E-state index is 13.1. The van der Waals surface area contributed by atoms with Gasteiger partial charge in [0.25, 0.3) is 5.91 Å². The third kappa shape index (κ3) is 4.89. The highest BCUT2D eigenvalue weighted by Crippen LogP contribution is 2.39. The normalized spacial score (nSPS) is 14.8. The van der Waals surface area contributed by atoms with Crippen LogP contribution in [0.3, 0.4) is 0 Å². The number of aromatic nitrogens is 1. The molecule has 1 aromatic heterocycles. The van der Waals surface area contributed by atoms with Crippen molar-refractivity contribution in [2.75, 3.05) is 40.4 Å². The van der Waals surface area contributed by atoms with Gasteiger partial charge < -0.3 is 14.4 Å². The van der Waals surface area contributed by atoms with Crippen LogP contribution in [-0.4, -0.2) is 61.1 Å². The molecule has 162 valence electrons. The van der Waals surface area contributed by atoms with E-state index in [-0.39, 0.29) is 5.91 Å². The van der Waals surface area contributed by atoms with Crippen LogP contribution < -0.4 is 9.47 Å².